The summed E-state index contributed by atoms with van der Waals surface area (Å²) in [5.74, 6) is 1.46. The maximum Gasteiger partial charge on any atom is 0.175 e. The standard InChI is InChI=1S/C9H8ClN3O/c1-5-2-3-7(14-5)6-4-12-13-9(10)8(6)11/h2-4H,1H3,(H2,11,12). The van der Waals surface area contributed by atoms with E-state index in [1.54, 1.807) is 0 Å². The number of nitrogens with zero attached hydrogens (tertiary/aromatic N) is 2. The molecule has 2 aromatic rings. The average molecular weight is 210 g/mol. The summed E-state index contributed by atoms with van der Waals surface area (Å²) in [7, 11) is 0. The number of halogens is 1. The molecule has 0 aliphatic heterocycles. The Bertz CT molecular complexity index is 467. The van der Waals surface area contributed by atoms with Crippen LogP contribution in [0.4, 0.5) is 5.69 Å². The van der Waals surface area contributed by atoms with Gasteiger partial charge in [-0.1, -0.05) is 11.6 Å². The van der Waals surface area contributed by atoms with Crippen molar-refractivity contribution >= 4 is 17.3 Å². The van der Waals surface area contributed by atoms with E-state index in [2.05, 4.69) is 10.2 Å². The number of hydrogen-bond donors (Lipinski definition) is 1. The second kappa shape index (κ2) is 3.31. The third-order valence-electron chi connectivity index (χ3n) is 1.85. The van der Waals surface area contributed by atoms with Crippen molar-refractivity contribution in [3.8, 4) is 11.3 Å². The van der Waals surface area contributed by atoms with Gasteiger partial charge in [-0.25, -0.2) is 0 Å². The zero-order chi connectivity index (χ0) is 10.1. The lowest BCUT2D eigenvalue weighted by molar-refractivity contribution is 0.548. The molecule has 5 heteroatoms. The van der Waals surface area contributed by atoms with Crippen LogP contribution in [-0.4, -0.2) is 10.2 Å². The summed E-state index contributed by atoms with van der Waals surface area (Å²) >= 11 is 5.73. The van der Waals surface area contributed by atoms with Crippen LogP contribution in [-0.2, 0) is 0 Å². The smallest absolute Gasteiger partial charge is 0.175 e. The molecule has 0 atom stereocenters. The van der Waals surface area contributed by atoms with E-state index in [1.807, 2.05) is 19.1 Å². The summed E-state index contributed by atoms with van der Waals surface area (Å²) in [4.78, 5) is 0. The zero-order valence-electron chi connectivity index (χ0n) is 7.49. The molecule has 0 aliphatic rings. The van der Waals surface area contributed by atoms with E-state index in [1.165, 1.54) is 6.20 Å². The number of aromatic nitrogens is 2. The van der Waals surface area contributed by atoms with E-state index in [4.69, 9.17) is 21.8 Å². The first-order valence-electron chi connectivity index (χ1n) is 4.02. The highest BCUT2D eigenvalue weighted by Gasteiger charge is 2.10. The minimum Gasteiger partial charge on any atom is -0.461 e. The maximum atomic E-state index is 5.73. The number of anilines is 1. The molecule has 0 bridgehead atoms. The van der Waals surface area contributed by atoms with Gasteiger partial charge in [0.1, 0.15) is 11.5 Å². The Labute approximate surface area is 85.7 Å². The molecule has 0 aromatic carbocycles. The van der Waals surface area contributed by atoms with Gasteiger partial charge in [-0.3, -0.25) is 0 Å². The van der Waals surface area contributed by atoms with E-state index < -0.39 is 0 Å². The molecule has 0 aliphatic carbocycles. The normalized spacial score (nSPS) is 10.4. The first-order chi connectivity index (χ1) is 6.68. The van der Waals surface area contributed by atoms with Gasteiger partial charge in [0.15, 0.2) is 5.15 Å². The molecule has 0 saturated carbocycles. The van der Waals surface area contributed by atoms with Crippen molar-refractivity contribution in [3.63, 3.8) is 0 Å². The highest BCUT2D eigenvalue weighted by Crippen LogP contribution is 2.29. The summed E-state index contributed by atoms with van der Waals surface area (Å²) in [5, 5.41) is 7.52. The molecule has 72 valence electrons. The fourth-order valence-electron chi connectivity index (χ4n) is 1.15. The molecule has 2 aromatic heterocycles. The van der Waals surface area contributed by atoms with Crippen LogP contribution in [0.15, 0.2) is 22.7 Å². The van der Waals surface area contributed by atoms with E-state index in [0.717, 1.165) is 5.76 Å². The van der Waals surface area contributed by atoms with Crippen LogP contribution in [0.5, 0.6) is 0 Å². The van der Waals surface area contributed by atoms with Crippen molar-refractivity contribution in [2.75, 3.05) is 5.73 Å². The molecule has 0 amide bonds. The Balaban J connectivity index is 2.57. The average Bonchev–Trinajstić information content (AvgIpc) is 2.57. The molecule has 2 rings (SSSR count). The highest BCUT2D eigenvalue weighted by atomic mass is 35.5. The van der Waals surface area contributed by atoms with Crippen LogP contribution in [0.25, 0.3) is 11.3 Å². The predicted molar refractivity (Wildman–Crippen MR) is 53.9 cm³/mol. The monoisotopic (exact) mass is 209 g/mol. The second-order valence-electron chi connectivity index (χ2n) is 2.87. The minimum atomic E-state index is 0.191. The fraction of sp³-hybridized carbons (Fsp3) is 0.111. The minimum absolute atomic E-state index is 0.191. The summed E-state index contributed by atoms with van der Waals surface area (Å²) in [6, 6.07) is 3.67. The van der Waals surface area contributed by atoms with Crippen LogP contribution in [0.2, 0.25) is 5.15 Å². The lowest BCUT2D eigenvalue weighted by Crippen LogP contribution is -1.94. The quantitative estimate of drug-likeness (QED) is 0.783. The summed E-state index contributed by atoms with van der Waals surface area (Å²) in [6.07, 6.45) is 1.53. The third kappa shape index (κ3) is 1.44. The Hall–Kier alpha value is -1.55. The molecule has 0 fully saturated rings. The van der Waals surface area contributed by atoms with E-state index in [-0.39, 0.29) is 5.15 Å². The van der Waals surface area contributed by atoms with Crippen LogP contribution in [0, 0.1) is 6.92 Å². The number of aryl methyl sites for hydroxylation is 1. The van der Waals surface area contributed by atoms with Gasteiger partial charge < -0.3 is 10.2 Å². The highest BCUT2D eigenvalue weighted by molar-refractivity contribution is 6.32. The number of rotatable bonds is 1. The topological polar surface area (TPSA) is 64.9 Å². The first-order valence-corrected chi connectivity index (χ1v) is 4.40. The Kier molecular flexibility index (Phi) is 2.13. The van der Waals surface area contributed by atoms with Gasteiger partial charge in [-0.2, -0.15) is 5.10 Å². The SMILES string of the molecule is Cc1ccc(-c2cnnc(Cl)c2N)o1. The van der Waals surface area contributed by atoms with Crippen molar-refractivity contribution in [1.82, 2.24) is 10.2 Å². The number of nitrogens with two attached hydrogens (primary N) is 1. The molecule has 0 unspecified atom stereocenters. The molecule has 0 radical (unpaired) electrons. The van der Waals surface area contributed by atoms with Gasteiger partial charge >= 0.3 is 0 Å². The number of furan rings is 1. The largest absolute Gasteiger partial charge is 0.461 e. The lowest BCUT2D eigenvalue weighted by atomic mass is 10.2. The van der Waals surface area contributed by atoms with Crippen LogP contribution in [0.3, 0.4) is 0 Å². The van der Waals surface area contributed by atoms with E-state index in [0.29, 0.717) is 17.0 Å². The van der Waals surface area contributed by atoms with Crippen molar-refractivity contribution in [2.45, 2.75) is 6.92 Å². The summed E-state index contributed by atoms with van der Waals surface area (Å²) in [6.45, 7) is 1.86. The fourth-order valence-corrected chi connectivity index (χ4v) is 1.29. The molecule has 0 spiro atoms. The Morgan fingerprint density at radius 3 is 2.86 bits per heavy atom. The third-order valence-corrected chi connectivity index (χ3v) is 2.13. The van der Waals surface area contributed by atoms with Crippen LogP contribution in [0.1, 0.15) is 5.76 Å². The summed E-state index contributed by atoms with van der Waals surface area (Å²) in [5.41, 5.74) is 6.78. The number of nitrogen functional groups attached to an aromatic ring is 1. The van der Waals surface area contributed by atoms with Crippen molar-refractivity contribution in [3.05, 3.63) is 29.2 Å². The Morgan fingerprint density at radius 1 is 1.43 bits per heavy atom. The van der Waals surface area contributed by atoms with Crippen LogP contribution >= 0.6 is 11.6 Å². The summed E-state index contributed by atoms with van der Waals surface area (Å²) < 4.78 is 5.40. The molecule has 2 heterocycles. The van der Waals surface area contributed by atoms with E-state index >= 15 is 0 Å². The van der Waals surface area contributed by atoms with Gasteiger partial charge in [0, 0.05) is 0 Å². The molecular formula is C9H8ClN3O. The van der Waals surface area contributed by atoms with E-state index in [9.17, 15) is 0 Å². The van der Waals surface area contributed by atoms with Crippen LogP contribution < -0.4 is 5.73 Å². The second-order valence-corrected chi connectivity index (χ2v) is 3.23. The van der Waals surface area contributed by atoms with Crippen molar-refractivity contribution < 1.29 is 4.42 Å². The first kappa shape index (κ1) is 9.02. The Morgan fingerprint density at radius 2 is 2.21 bits per heavy atom. The van der Waals surface area contributed by atoms with Gasteiger partial charge in [-0.05, 0) is 19.1 Å². The number of hydrogen-bond acceptors (Lipinski definition) is 4. The van der Waals surface area contributed by atoms with Gasteiger partial charge in [-0.15, -0.1) is 5.10 Å². The predicted octanol–water partition coefficient (Wildman–Crippen LogP) is 2.28. The van der Waals surface area contributed by atoms with Crippen molar-refractivity contribution in [2.24, 2.45) is 0 Å². The van der Waals surface area contributed by atoms with Gasteiger partial charge in [0.25, 0.3) is 0 Å². The van der Waals surface area contributed by atoms with Gasteiger partial charge in [0.05, 0.1) is 17.4 Å². The van der Waals surface area contributed by atoms with Crippen molar-refractivity contribution in [1.29, 1.82) is 0 Å². The molecular weight excluding hydrogens is 202 g/mol. The zero-order valence-corrected chi connectivity index (χ0v) is 8.25. The molecule has 14 heavy (non-hydrogen) atoms. The maximum absolute atomic E-state index is 5.73. The lowest BCUT2D eigenvalue weighted by Gasteiger charge is -2.01. The molecule has 2 N–H and O–H groups in total. The van der Waals surface area contributed by atoms with Gasteiger partial charge in [0.2, 0.25) is 0 Å². The molecule has 0 saturated heterocycles. The molecule has 4 nitrogen and oxygen atoms in total.